The average molecular weight is 514 g/mol. The van der Waals surface area contributed by atoms with Crippen molar-refractivity contribution in [2.75, 3.05) is 52.3 Å². The van der Waals surface area contributed by atoms with Gasteiger partial charge in [-0.05, 0) is 35.4 Å². The zero-order chi connectivity index (χ0) is 24.8. The monoisotopic (exact) mass is 513 g/mol. The topological polar surface area (TPSA) is 71.1 Å². The number of methoxy groups -OCH3 is 2. The number of thiophene rings is 1. The van der Waals surface area contributed by atoms with Crippen molar-refractivity contribution in [3.63, 3.8) is 0 Å². The van der Waals surface area contributed by atoms with Crippen molar-refractivity contribution in [2.45, 2.75) is 6.54 Å². The van der Waals surface area contributed by atoms with Crippen molar-refractivity contribution in [1.29, 1.82) is 0 Å². The highest BCUT2D eigenvalue weighted by Gasteiger charge is 2.24. The van der Waals surface area contributed by atoms with Crippen molar-refractivity contribution < 1.29 is 19.1 Å². The molecule has 0 spiro atoms. The molecule has 1 aromatic heterocycles. The Labute approximate surface area is 214 Å². The largest absolute Gasteiger partial charge is 0.497 e. The van der Waals surface area contributed by atoms with Crippen LogP contribution in [-0.4, -0.2) is 68.6 Å². The predicted molar refractivity (Wildman–Crippen MR) is 139 cm³/mol. The number of nitrogens with zero attached hydrogens (tertiary/aromatic N) is 2. The van der Waals surface area contributed by atoms with E-state index in [1.165, 1.54) is 24.0 Å². The number of anilines is 1. The van der Waals surface area contributed by atoms with Crippen LogP contribution in [0.5, 0.6) is 5.75 Å². The summed E-state index contributed by atoms with van der Waals surface area (Å²) in [7, 11) is 2.94. The summed E-state index contributed by atoms with van der Waals surface area (Å²) in [4.78, 5) is 29.9. The first-order valence-corrected chi connectivity index (χ1v) is 12.6. The molecule has 1 saturated heterocycles. The first kappa shape index (κ1) is 25.2. The first-order valence-electron chi connectivity index (χ1n) is 11.3. The SMILES string of the molecule is COC(=O)c1c(-c2ccc(OC)cc2)csc1NC(=O)CN1CCN(Cc2ccc(Cl)cc2)CC1. The number of piperazine rings is 1. The molecule has 4 rings (SSSR count). The number of nitrogens with one attached hydrogen (secondary N) is 1. The number of halogens is 1. The summed E-state index contributed by atoms with van der Waals surface area (Å²) >= 11 is 7.29. The van der Waals surface area contributed by atoms with Gasteiger partial charge >= 0.3 is 5.97 Å². The lowest BCUT2D eigenvalue weighted by molar-refractivity contribution is -0.117. The third-order valence-electron chi connectivity index (χ3n) is 5.99. The van der Waals surface area contributed by atoms with Gasteiger partial charge in [-0.15, -0.1) is 11.3 Å². The number of carbonyl (C=O) groups is 2. The molecule has 184 valence electrons. The number of hydrogen-bond acceptors (Lipinski definition) is 7. The normalized spacial score (nSPS) is 14.5. The summed E-state index contributed by atoms with van der Waals surface area (Å²) in [5, 5.41) is 6.02. The number of amides is 1. The fourth-order valence-corrected chi connectivity index (χ4v) is 5.16. The van der Waals surface area contributed by atoms with E-state index in [-0.39, 0.29) is 12.5 Å². The lowest BCUT2D eigenvalue weighted by Gasteiger charge is -2.34. The standard InChI is InChI=1S/C26H28ClN3O4S/c1-33-21-9-5-19(6-10-21)22-17-35-25(24(22)26(32)34-2)28-23(31)16-30-13-11-29(12-14-30)15-18-3-7-20(27)8-4-18/h3-10,17H,11-16H2,1-2H3,(H,28,31). The zero-order valence-electron chi connectivity index (χ0n) is 19.8. The predicted octanol–water partition coefficient (Wildman–Crippen LogP) is 4.62. The van der Waals surface area contributed by atoms with Crippen molar-refractivity contribution in [1.82, 2.24) is 9.80 Å². The van der Waals surface area contributed by atoms with Crippen LogP contribution in [-0.2, 0) is 16.1 Å². The number of benzene rings is 2. The summed E-state index contributed by atoms with van der Waals surface area (Å²) in [6, 6.07) is 15.3. The summed E-state index contributed by atoms with van der Waals surface area (Å²) in [5.74, 6) is 0.0954. The number of carbonyl (C=O) groups excluding carboxylic acids is 2. The summed E-state index contributed by atoms with van der Waals surface area (Å²) in [6.07, 6.45) is 0. The lowest BCUT2D eigenvalue weighted by Crippen LogP contribution is -2.48. The van der Waals surface area contributed by atoms with Crippen molar-refractivity contribution >= 4 is 39.8 Å². The Morgan fingerprint density at radius 1 is 0.971 bits per heavy atom. The number of rotatable bonds is 8. The van der Waals surface area contributed by atoms with E-state index in [1.54, 1.807) is 7.11 Å². The Morgan fingerprint density at radius 3 is 2.26 bits per heavy atom. The van der Waals surface area contributed by atoms with Crippen LogP contribution < -0.4 is 10.1 Å². The molecule has 35 heavy (non-hydrogen) atoms. The Morgan fingerprint density at radius 2 is 1.63 bits per heavy atom. The molecular formula is C26H28ClN3O4S. The lowest BCUT2D eigenvalue weighted by atomic mass is 10.0. The number of hydrogen-bond donors (Lipinski definition) is 1. The van der Waals surface area contributed by atoms with Crippen molar-refractivity contribution in [2.24, 2.45) is 0 Å². The van der Waals surface area contributed by atoms with Gasteiger partial charge in [-0.25, -0.2) is 4.79 Å². The van der Waals surface area contributed by atoms with Gasteiger partial charge < -0.3 is 14.8 Å². The molecule has 3 aromatic rings. The maximum Gasteiger partial charge on any atom is 0.341 e. The number of esters is 1. The van der Waals surface area contributed by atoms with E-state index < -0.39 is 5.97 Å². The zero-order valence-corrected chi connectivity index (χ0v) is 21.3. The molecule has 9 heteroatoms. The summed E-state index contributed by atoms with van der Waals surface area (Å²) < 4.78 is 10.2. The van der Waals surface area contributed by atoms with Crippen molar-refractivity contribution in [3.05, 3.63) is 70.1 Å². The molecule has 1 aliphatic heterocycles. The highest BCUT2D eigenvalue weighted by molar-refractivity contribution is 7.15. The maximum atomic E-state index is 12.8. The van der Waals surface area contributed by atoms with Crippen LogP contribution in [0.1, 0.15) is 15.9 Å². The van der Waals surface area contributed by atoms with Crippen LogP contribution in [0.15, 0.2) is 53.9 Å². The fourth-order valence-electron chi connectivity index (χ4n) is 4.06. The van der Waals surface area contributed by atoms with E-state index in [0.717, 1.165) is 54.6 Å². The van der Waals surface area contributed by atoms with E-state index in [1.807, 2.05) is 53.9 Å². The van der Waals surface area contributed by atoms with Crippen LogP contribution in [0, 0.1) is 0 Å². The van der Waals surface area contributed by atoms with Crippen LogP contribution in [0.3, 0.4) is 0 Å². The van der Waals surface area contributed by atoms with E-state index in [2.05, 4.69) is 15.1 Å². The quantitative estimate of drug-likeness (QED) is 0.443. The van der Waals surface area contributed by atoms with Crippen LogP contribution in [0.4, 0.5) is 5.00 Å². The second-order valence-corrected chi connectivity index (χ2v) is 9.62. The van der Waals surface area contributed by atoms with Crippen molar-refractivity contribution in [3.8, 4) is 16.9 Å². The van der Waals surface area contributed by atoms with Gasteiger partial charge in [-0.2, -0.15) is 0 Å². The Bertz CT molecular complexity index is 1160. The highest BCUT2D eigenvalue weighted by Crippen LogP contribution is 2.36. The molecule has 0 atom stereocenters. The highest BCUT2D eigenvalue weighted by atomic mass is 35.5. The average Bonchev–Trinajstić information content (AvgIpc) is 3.29. The van der Waals surface area contributed by atoms with Gasteiger partial charge in [-0.1, -0.05) is 35.9 Å². The number of ether oxygens (including phenoxy) is 2. The summed E-state index contributed by atoms with van der Waals surface area (Å²) in [6.45, 7) is 4.49. The smallest absolute Gasteiger partial charge is 0.341 e. The van der Waals surface area contributed by atoms with Crippen LogP contribution in [0.2, 0.25) is 5.02 Å². The maximum absolute atomic E-state index is 12.8. The van der Waals surface area contributed by atoms with Gasteiger partial charge in [-0.3, -0.25) is 14.6 Å². The van der Waals surface area contributed by atoms with Crippen LogP contribution in [0.25, 0.3) is 11.1 Å². The summed E-state index contributed by atoms with van der Waals surface area (Å²) in [5.41, 5.74) is 3.15. The molecule has 0 bridgehead atoms. The second kappa shape index (κ2) is 11.7. The molecule has 0 radical (unpaired) electrons. The van der Waals surface area contributed by atoms with E-state index in [4.69, 9.17) is 21.1 Å². The van der Waals surface area contributed by atoms with E-state index >= 15 is 0 Å². The molecule has 0 saturated carbocycles. The molecule has 7 nitrogen and oxygen atoms in total. The first-order chi connectivity index (χ1) is 17.0. The Balaban J connectivity index is 1.36. The van der Waals surface area contributed by atoms with Gasteiger partial charge in [0.1, 0.15) is 16.3 Å². The molecule has 0 aliphatic carbocycles. The molecular weight excluding hydrogens is 486 g/mol. The van der Waals surface area contributed by atoms with Gasteiger partial charge in [0.25, 0.3) is 0 Å². The molecule has 1 aliphatic rings. The minimum Gasteiger partial charge on any atom is -0.497 e. The Hall–Kier alpha value is -2.91. The molecule has 1 fully saturated rings. The van der Waals surface area contributed by atoms with Crippen LogP contribution >= 0.6 is 22.9 Å². The van der Waals surface area contributed by atoms with E-state index in [0.29, 0.717) is 10.6 Å². The molecule has 1 N–H and O–H groups in total. The van der Waals surface area contributed by atoms with E-state index in [9.17, 15) is 9.59 Å². The van der Waals surface area contributed by atoms with Gasteiger partial charge in [0, 0.05) is 48.7 Å². The molecule has 0 unspecified atom stereocenters. The van der Waals surface area contributed by atoms with Gasteiger partial charge in [0.2, 0.25) is 5.91 Å². The second-order valence-electron chi connectivity index (χ2n) is 8.30. The molecule has 1 amide bonds. The fraction of sp³-hybridized carbons (Fsp3) is 0.308. The minimum absolute atomic E-state index is 0.149. The third-order valence-corrected chi connectivity index (χ3v) is 7.13. The molecule has 2 aromatic carbocycles. The minimum atomic E-state index is -0.483. The Kier molecular flexibility index (Phi) is 8.41. The van der Waals surface area contributed by atoms with Gasteiger partial charge in [0.15, 0.2) is 0 Å². The van der Waals surface area contributed by atoms with Gasteiger partial charge in [0.05, 0.1) is 20.8 Å². The molecule has 2 heterocycles. The third kappa shape index (κ3) is 6.41.